The number of alkyl halides is 5. The van der Waals surface area contributed by atoms with Crippen molar-refractivity contribution in [2.24, 2.45) is 0 Å². The Bertz CT molecular complexity index is 273. The third-order valence-corrected chi connectivity index (χ3v) is 1.82. The Hall–Kier alpha value is -0.580. The maximum atomic E-state index is 12.4. The lowest BCUT2D eigenvalue weighted by Gasteiger charge is -2.19. The van der Waals surface area contributed by atoms with Crippen molar-refractivity contribution < 1.29 is 22.0 Å². The maximum absolute atomic E-state index is 12.4. The smallest absolute Gasteiger partial charge is 0.202 e. The molecule has 0 atom stereocenters. The Morgan fingerprint density at radius 3 is 2.23 bits per heavy atom. The van der Waals surface area contributed by atoms with Gasteiger partial charge in [0.25, 0.3) is 5.92 Å². The van der Waals surface area contributed by atoms with Crippen LogP contribution in [0.3, 0.4) is 0 Å². The van der Waals surface area contributed by atoms with E-state index < -0.39 is 29.1 Å². The molecule has 0 amide bonds. The summed E-state index contributed by atoms with van der Waals surface area (Å²) in [6.07, 6.45) is -5.22. The molecule has 0 aromatic heterocycles. The summed E-state index contributed by atoms with van der Waals surface area (Å²) in [5, 5.41) is -0.847. The van der Waals surface area contributed by atoms with E-state index in [2.05, 4.69) is 0 Å². The molecule has 1 aliphatic carbocycles. The first-order valence-corrected chi connectivity index (χ1v) is 3.63. The van der Waals surface area contributed by atoms with Crippen LogP contribution < -0.4 is 0 Å². The highest BCUT2D eigenvalue weighted by Crippen LogP contribution is 2.40. The summed E-state index contributed by atoms with van der Waals surface area (Å²) in [6, 6.07) is 0. The van der Waals surface area contributed by atoms with Crippen LogP contribution in [-0.4, -0.2) is 12.1 Å². The highest BCUT2D eigenvalue weighted by molar-refractivity contribution is 6.30. The SMILES string of the molecule is FC1(F)C=CC(C(F)(F)F)=C(Cl)C1. The van der Waals surface area contributed by atoms with Gasteiger partial charge in [0.2, 0.25) is 0 Å². The fourth-order valence-electron chi connectivity index (χ4n) is 0.905. The summed E-state index contributed by atoms with van der Waals surface area (Å²) in [5.41, 5.74) is -1.19. The molecule has 13 heavy (non-hydrogen) atoms. The summed E-state index contributed by atoms with van der Waals surface area (Å²) < 4.78 is 60.9. The fourth-order valence-corrected chi connectivity index (χ4v) is 1.25. The molecular formula is C7H4ClF5. The molecule has 0 saturated heterocycles. The van der Waals surface area contributed by atoms with E-state index in [-0.39, 0.29) is 6.08 Å². The molecule has 0 fully saturated rings. The van der Waals surface area contributed by atoms with Crippen LogP contribution in [0.15, 0.2) is 22.8 Å². The molecule has 0 heterocycles. The van der Waals surface area contributed by atoms with Crippen molar-refractivity contribution in [3.8, 4) is 0 Å². The minimum Gasteiger partial charge on any atom is -0.202 e. The molecule has 0 aromatic carbocycles. The van der Waals surface area contributed by atoms with Crippen molar-refractivity contribution in [1.82, 2.24) is 0 Å². The zero-order valence-electron chi connectivity index (χ0n) is 6.13. The highest BCUT2D eigenvalue weighted by atomic mass is 35.5. The molecule has 0 aromatic rings. The van der Waals surface area contributed by atoms with Crippen molar-refractivity contribution in [1.29, 1.82) is 0 Å². The van der Waals surface area contributed by atoms with E-state index in [0.29, 0.717) is 6.08 Å². The quantitative estimate of drug-likeness (QED) is 0.545. The van der Waals surface area contributed by atoms with Crippen LogP contribution >= 0.6 is 11.6 Å². The highest BCUT2D eigenvalue weighted by Gasteiger charge is 2.40. The van der Waals surface area contributed by atoms with Gasteiger partial charge < -0.3 is 0 Å². The van der Waals surface area contributed by atoms with Gasteiger partial charge in [-0.2, -0.15) is 13.2 Å². The second-order valence-electron chi connectivity index (χ2n) is 2.59. The number of hydrogen-bond donors (Lipinski definition) is 0. The monoisotopic (exact) mass is 218 g/mol. The molecule has 6 heteroatoms. The lowest BCUT2D eigenvalue weighted by atomic mass is 10.0. The molecule has 0 nitrogen and oxygen atoms in total. The predicted octanol–water partition coefficient (Wildman–Crippen LogP) is 3.64. The van der Waals surface area contributed by atoms with Crippen molar-refractivity contribution in [2.75, 3.05) is 0 Å². The first kappa shape index (κ1) is 10.5. The minimum atomic E-state index is -4.66. The average Bonchev–Trinajstić information content (AvgIpc) is 1.80. The van der Waals surface area contributed by atoms with Gasteiger partial charge in [-0.05, 0) is 12.2 Å². The molecule has 0 N–H and O–H groups in total. The van der Waals surface area contributed by atoms with Crippen LogP contribution in [-0.2, 0) is 0 Å². The van der Waals surface area contributed by atoms with Gasteiger partial charge in [0.15, 0.2) is 0 Å². The second kappa shape index (κ2) is 2.97. The summed E-state index contributed by atoms with van der Waals surface area (Å²) in [7, 11) is 0. The zero-order valence-corrected chi connectivity index (χ0v) is 6.89. The average molecular weight is 219 g/mol. The molecule has 0 aliphatic heterocycles. The topological polar surface area (TPSA) is 0 Å². The van der Waals surface area contributed by atoms with E-state index in [9.17, 15) is 22.0 Å². The van der Waals surface area contributed by atoms with E-state index in [0.717, 1.165) is 0 Å². The fraction of sp³-hybridized carbons (Fsp3) is 0.429. The Kier molecular flexibility index (Phi) is 2.40. The molecule has 0 saturated carbocycles. The molecular weight excluding hydrogens is 215 g/mol. The van der Waals surface area contributed by atoms with Crippen LogP contribution in [0.25, 0.3) is 0 Å². The third kappa shape index (κ3) is 2.43. The lowest BCUT2D eigenvalue weighted by Crippen LogP contribution is -2.21. The first-order chi connectivity index (χ1) is 5.72. The molecule has 74 valence electrons. The van der Waals surface area contributed by atoms with Crippen molar-refractivity contribution >= 4 is 11.6 Å². The van der Waals surface area contributed by atoms with Gasteiger partial charge in [0.1, 0.15) is 0 Å². The van der Waals surface area contributed by atoms with Crippen LogP contribution in [0.2, 0.25) is 0 Å². The van der Waals surface area contributed by atoms with Crippen molar-refractivity contribution in [3.63, 3.8) is 0 Å². The standard InChI is InChI=1S/C7H4ClF5/c8-5-3-6(9,10)2-1-4(5)7(11,12)13/h1-2H,3H2. The molecule has 0 unspecified atom stereocenters. The van der Waals surface area contributed by atoms with E-state index in [4.69, 9.17) is 11.6 Å². The van der Waals surface area contributed by atoms with E-state index >= 15 is 0 Å². The molecule has 0 spiro atoms. The number of rotatable bonds is 0. The lowest BCUT2D eigenvalue weighted by molar-refractivity contribution is -0.0899. The van der Waals surface area contributed by atoms with Gasteiger partial charge in [0, 0.05) is 5.03 Å². The van der Waals surface area contributed by atoms with Gasteiger partial charge in [-0.25, -0.2) is 8.78 Å². The molecule has 0 radical (unpaired) electrons. The summed E-state index contributed by atoms with van der Waals surface area (Å²) in [4.78, 5) is 0. The first-order valence-electron chi connectivity index (χ1n) is 3.25. The van der Waals surface area contributed by atoms with Crippen LogP contribution in [0.1, 0.15) is 6.42 Å². The zero-order chi connectivity index (χ0) is 10.3. The van der Waals surface area contributed by atoms with Crippen molar-refractivity contribution in [3.05, 3.63) is 22.8 Å². The molecule has 0 bridgehead atoms. The number of hydrogen-bond acceptors (Lipinski definition) is 0. The Morgan fingerprint density at radius 2 is 1.85 bits per heavy atom. The van der Waals surface area contributed by atoms with Crippen LogP contribution in [0, 0.1) is 0 Å². The second-order valence-corrected chi connectivity index (χ2v) is 3.04. The Balaban J connectivity index is 2.99. The van der Waals surface area contributed by atoms with Gasteiger partial charge in [-0.1, -0.05) is 11.6 Å². The molecule has 1 rings (SSSR count). The summed E-state index contributed by atoms with van der Waals surface area (Å²) >= 11 is 5.08. The van der Waals surface area contributed by atoms with Crippen LogP contribution in [0.5, 0.6) is 0 Å². The van der Waals surface area contributed by atoms with Gasteiger partial charge in [0.05, 0.1) is 12.0 Å². The van der Waals surface area contributed by atoms with E-state index in [1.807, 2.05) is 0 Å². The summed E-state index contributed by atoms with van der Waals surface area (Å²) in [6.45, 7) is 0. The Labute approximate surface area is 75.7 Å². The van der Waals surface area contributed by atoms with Crippen molar-refractivity contribution in [2.45, 2.75) is 18.5 Å². The maximum Gasteiger partial charge on any atom is 0.417 e. The van der Waals surface area contributed by atoms with Gasteiger partial charge in [-0.15, -0.1) is 0 Å². The largest absolute Gasteiger partial charge is 0.417 e. The van der Waals surface area contributed by atoms with Gasteiger partial charge in [-0.3, -0.25) is 0 Å². The summed E-state index contributed by atoms with van der Waals surface area (Å²) in [5.74, 6) is -3.27. The van der Waals surface area contributed by atoms with E-state index in [1.165, 1.54) is 0 Å². The third-order valence-electron chi connectivity index (χ3n) is 1.48. The molecule has 1 aliphatic rings. The number of allylic oxidation sites excluding steroid dienone is 4. The normalized spacial score (nSPS) is 22.3. The van der Waals surface area contributed by atoms with Gasteiger partial charge >= 0.3 is 6.18 Å². The number of halogens is 6. The predicted molar refractivity (Wildman–Crippen MR) is 37.6 cm³/mol. The van der Waals surface area contributed by atoms with E-state index in [1.54, 1.807) is 0 Å². The minimum absolute atomic E-state index is 0.210. The Morgan fingerprint density at radius 1 is 1.31 bits per heavy atom. The van der Waals surface area contributed by atoms with Crippen LogP contribution in [0.4, 0.5) is 22.0 Å².